The van der Waals surface area contributed by atoms with Gasteiger partial charge >= 0.3 is 6.18 Å². The number of hydrogen-bond donors (Lipinski definition) is 1. The van der Waals surface area contributed by atoms with Crippen LogP contribution in [0.2, 0.25) is 5.02 Å². The zero-order chi connectivity index (χ0) is 25.2. The van der Waals surface area contributed by atoms with Crippen LogP contribution < -0.4 is 14.2 Å². The molecule has 190 valence electrons. The summed E-state index contributed by atoms with van der Waals surface area (Å²) in [5.41, 5.74) is -0.810. The molecule has 1 heterocycles. The predicted octanol–water partition coefficient (Wildman–Crippen LogP) is 4.42. The number of hydrogen-bond acceptors (Lipinski definition) is 7. The summed E-state index contributed by atoms with van der Waals surface area (Å²) in [7, 11) is -2.25. The number of nitrogens with zero attached hydrogens (tertiary/aromatic N) is 1. The van der Waals surface area contributed by atoms with E-state index in [-0.39, 0.29) is 35.4 Å². The number of pyridine rings is 1. The minimum Gasteiger partial charge on any atom is -0.491 e. The summed E-state index contributed by atoms with van der Waals surface area (Å²) in [6.45, 7) is 3.50. The Kier molecular flexibility index (Phi) is 10.8. The Bertz CT molecular complexity index is 1040. The van der Waals surface area contributed by atoms with Crippen LogP contribution in [0.1, 0.15) is 24.5 Å². The second kappa shape index (κ2) is 13.1. The van der Waals surface area contributed by atoms with Crippen LogP contribution in [0.4, 0.5) is 13.2 Å². The normalized spacial score (nSPS) is 12.1. The largest absolute Gasteiger partial charge is 0.491 e. The molecular weight excluding hydrogens is 501 g/mol. The molecule has 0 atom stereocenters. The van der Waals surface area contributed by atoms with E-state index in [0.29, 0.717) is 44.3 Å². The van der Waals surface area contributed by atoms with Crippen molar-refractivity contribution >= 4 is 21.6 Å². The van der Waals surface area contributed by atoms with E-state index < -0.39 is 27.5 Å². The molecule has 0 saturated carbocycles. The fourth-order valence-electron chi connectivity index (χ4n) is 2.64. The van der Waals surface area contributed by atoms with Gasteiger partial charge in [0, 0.05) is 44.7 Å². The third kappa shape index (κ3) is 9.26. The van der Waals surface area contributed by atoms with Gasteiger partial charge in [0.15, 0.2) is 0 Å². The van der Waals surface area contributed by atoms with E-state index in [9.17, 15) is 21.6 Å². The first-order valence-corrected chi connectivity index (χ1v) is 12.3. The van der Waals surface area contributed by atoms with Gasteiger partial charge in [-0.05, 0) is 25.5 Å². The maximum Gasteiger partial charge on any atom is 0.417 e. The van der Waals surface area contributed by atoms with Gasteiger partial charge < -0.3 is 18.9 Å². The van der Waals surface area contributed by atoms with Crippen LogP contribution in [0.5, 0.6) is 17.4 Å². The summed E-state index contributed by atoms with van der Waals surface area (Å²) in [5, 5.41) is -0.386. The Labute approximate surface area is 201 Å². The second-order valence-electron chi connectivity index (χ2n) is 6.93. The maximum atomic E-state index is 12.9. The van der Waals surface area contributed by atoms with Gasteiger partial charge in [-0.3, -0.25) is 0 Å². The fraction of sp³-hybridized carbons (Fsp3) is 0.476. The Balaban J connectivity index is 2.26. The quantitative estimate of drug-likeness (QED) is 0.364. The van der Waals surface area contributed by atoms with Gasteiger partial charge in [0.05, 0.1) is 17.9 Å². The van der Waals surface area contributed by atoms with Crippen molar-refractivity contribution in [1.82, 2.24) is 9.71 Å². The number of sulfonamides is 1. The van der Waals surface area contributed by atoms with E-state index >= 15 is 0 Å². The van der Waals surface area contributed by atoms with Gasteiger partial charge in [0.1, 0.15) is 23.1 Å². The molecule has 8 nitrogen and oxygen atoms in total. The molecule has 0 saturated heterocycles. The summed E-state index contributed by atoms with van der Waals surface area (Å²) in [6, 6.07) is 5.11. The first kappa shape index (κ1) is 28.1. The van der Waals surface area contributed by atoms with Crippen molar-refractivity contribution in [3.05, 3.63) is 46.6 Å². The molecule has 0 aliphatic rings. The van der Waals surface area contributed by atoms with E-state index in [2.05, 4.69) is 9.71 Å². The minimum atomic E-state index is -4.63. The number of benzene rings is 1. The van der Waals surface area contributed by atoms with Crippen molar-refractivity contribution in [3.63, 3.8) is 0 Å². The summed E-state index contributed by atoms with van der Waals surface area (Å²) >= 11 is 5.95. The van der Waals surface area contributed by atoms with Crippen molar-refractivity contribution in [2.45, 2.75) is 25.3 Å². The van der Waals surface area contributed by atoms with E-state index in [1.54, 1.807) is 6.07 Å². The monoisotopic (exact) mass is 526 g/mol. The Morgan fingerprint density at radius 3 is 2.56 bits per heavy atom. The van der Waals surface area contributed by atoms with Crippen molar-refractivity contribution < 1.29 is 40.5 Å². The lowest BCUT2D eigenvalue weighted by atomic mass is 10.2. The molecule has 0 unspecified atom stereocenters. The van der Waals surface area contributed by atoms with Crippen molar-refractivity contribution in [3.8, 4) is 17.4 Å². The highest BCUT2D eigenvalue weighted by atomic mass is 35.5. The molecule has 34 heavy (non-hydrogen) atoms. The van der Waals surface area contributed by atoms with Crippen LogP contribution in [0, 0.1) is 0 Å². The van der Waals surface area contributed by atoms with Gasteiger partial charge in [-0.2, -0.15) is 13.2 Å². The zero-order valence-corrected chi connectivity index (χ0v) is 20.2. The number of nitrogens with one attached hydrogen (secondary N) is 1. The van der Waals surface area contributed by atoms with Crippen LogP contribution in [0.25, 0.3) is 0 Å². The van der Waals surface area contributed by atoms with E-state index in [1.165, 1.54) is 19.2 Å². The highest BCUT2D eigenvalue weighted by Crippen LogP contribution is 2.36. The first-order chi connectivity index (χ1) is 16.1. The molecule has 0 radical (unpaired) electrons. The summed E-state index contributed by atoms with van der Waals surface area (Å²) in [6.07, 6.45) is -3.55. The smallest absolute Gasteiger partial charge is 0.417 e. The van der Waals surface area contributed by atoms with Crippen LogP contribution in [-0.2, 0) is 31.4 Å². The van der Waals surface area contributed by atoms with Crippen LogP contribution in [0.15, 0.2) is 30.5 Å². The van der Waals surface area contributed by atoms with Crippen molar-refractivity contribution in [2.24, 2.45) is 0 Å². The molecule has 0 aliphatic carbocycles. The number of ether oxygens (including phenoxy) is 4. The van der Waals surface area contributed by atoms with Gasteiger partial charge in [-0.1, -0.05) is 17.7 Å². The molecule has 1 aromatic carbocycles. The lowest BCUT2D eigenvalue weighted by Gasteiger charge is -2.15. The number of methoxy groups -OCH3 is 1. The van der Waals surface area contributed by atoms with Gasteiger partial charge in [-0.15, -0.1) is 0 Å². The van der Waals surface area contributed by atoms with Crippen molar-refractivity contribution in [1.29, 1.82) is 0 Å². The number of halogens is 4. The third-order valence-corrected chi connectivity index (χ3v) is 5.88. The van der Waals surface area contributed by atoms with E-state index in [4.69, 9.17) is 30.5 Å². The maximum absolute atomic E-state index is 12.9. The molecular formula is C21H26ClF3N2O6S. The number of alkyl halides is 3. The molecule has 0 fully saturated rings. The van der Waals surface area contributed by atoms with Crippen LogP contribution >= 0.6 is 11.6 Å². The average Bonchev–Trinajstić information content (AvgIpc) is 2.76. The lowest BCUT2D eigenvalue weighted by Crippen LogP contribution is -2.27. The van der Waals surface area contributed by atoms with Gasteiger partial charge in [0.2, 0.25) is 15.9 Å². The fourth-order valence-corrected chi connectivity index (χ4v) is 4.05. The molecule has 0 aliphatic heterocycles. The zero-order valence-electron chi connectivity index (χ0n) is 18.7. The highest BCUT2D eigenvalue weighted by Gasteiger charge is 2.32. The van der Waals surface area contributed by atoms with Gasteiger partial charge in [0.25, 0.3) is 0 Å². The number of rotatable bonds is 14. The van der Waals surface area contributed by atoms with Crippen molar-refractivity contribution in [2.75, 3.05) is 40.1 Å². The summed E-state index contributed by atoms with van der Waals surface area (Å²) < 4.78 is 87.5. The SMILES string of the molecule is CCOCCCNS(=O)(=O)Cc1ccc(OCCOC)cc1Oc1ncc(C(F)(F)F)cc1Cl. The van der Waals surface area contributed by atoms with Crippen LogP contribution in [-0.4, -0.2) is 53.5 Å². The van der Waals surface area contributed by atoms with Crippen LogP contribution in [0.3, 0.4) is 0 Å². The van der Waals surface area contributed by atoms with E-state index in [0.717, 1.165) is 0 Å². The predicted molar refractivity (Wildman–Crippen MR) is 120 cm³/mol. The highest BCUT2D eigenvalue weighted by molar-refractivity contribution is 7.88. The molecule has 2 aromatic rings. The average molecular weight is 527 g/mol. The molecule has 0 amide bonds. The topological polar surface area (TPSA) is 96.0 Å². The Hall–Kier alpha value is -2.12. The first-order valence-electron chi connectivity index (χ1n) is 10.3. The molecule has 0 spiro atoms. The summed E-state index contributed by atoms with van der Waals surface area (Å²) in [5.74, 6) is -0.412. The summed E-state index contributed by atoms with van der Waals surface area (Å²) in [4.78, 5) is 3.65. The van der Waals surface area contributed by atoms with E-state index in [1.807, 2.05) is 6.92 Å². The van der Waals surface area contributed by atoms with Gasteiger partial charge in [-0.25, -0.2) is 18.1 Å². The minimum absolute atomic E-state index is 0.0174. The standard InChI is InChI=1S/C21H26ClF3N2O6S/c1-3-31-8-4-7-27-34(28,29)14-15-5-6-17(32-10-9-30-2)12-19(15)33-20-18(22)11-16(13-26-20)21(23,24)25/h5-6,11-13,27H,3-4,7-10,14H2,1-2H3. The number of aromatic nitrogens is 1. The third-order valence-electron chi connectivity index (χ3n) is 4.27. The molecule has 1 aromatic heterocycles. The Morgan fingerprint density at radius 1 is 1.15 bits per heavy atom. The molecule has 2 rings (SSSR count). The molecule has 0 bridgehead atoms. The lowest BCUT2D eigenvalue weighted by molar-refractivity contribution is -0.137. The molecule has 1 N–H and O–H groups in total. The Morgan fingerprint density at radius 2 is 1.91 bits per heavy atom. The second-order valence-corrected chi connectivity index (χ2v) is 9.14. The molecule has 13 heteroatoms.